The van der Waals surface area contributed by atoms with Gasteiger partial charge in [-0.05, 0) is 18.1 Å². The largest absolute Gasteiger partial charge is 0.359 e. The van der Waals surface area contributed by atoms with Gasteiger partial charge in [-0.25, -0.2) is 9.97 Å². The summed E-state index contributed by atoms with van der Waals surface area (Å²) >= 11 is 0. The fourth-order valence-corrected chi connectivity index (χ4v) is 2.40. The minimum absolute atomic E-state index is 0.0468. The van der Waals surface area contributed by atoms with Crippen molar-refractivity contribution in [3.8, 4) is 6.07 Å². The van der Waals surface area contributed by atoms with Crippen molar-refractivity contribution in [1.29, 1.82) is 5.26 Å². The molecule has 0 spiro atoms. The van der Waals surface area contributed by atoms with Gasteiger partial charge in [0.2, 0.25) is 5.91 Å². The molecule has 0 aliphatic carbocycles. The highest BCUT2D eigenvalue weighted by atomic mass is 16.2. The molecule has 0 fully saturated rings. The summed E-state index contributed by atoms with van der Waals surface area (Å²) < 4.78 is 0. The van der Waals surface area contributed by atoms with Gasteiger partial charge in [0, 0.05) is 24.6 Å². The van der Waals surface area contributed by atoms with Crippen molar-refractivity contribution in [1.82, 2.24) is 9.97 Å². The number of carbonyl (C=O) groups is 1. The van der Waals surface area contributed by atoms with Crippen molar-refractivity contribution >= 4 is 17.4 Å². The van der Waals surface area contributed by atoms with Crippen LogP contribution in [-0.4, -0.2) is 29.0 Å². The summed E-state index contributed by atoms with van der Waals surface area (Å²) in [4.78, 5) is 22.0. The summed E-state index contributed by atoms with van der Waals surface area (Å²) in [6, 6.07) is 9.83. The predicted molar refractivity (Wildman–Crippen MR) is 77.7 cm³/mol. The Morgan fingerprint density at radius 1 is 1.33 bits per heavy atom. The standard InChI is InChI=1S/C15H13N5O/c16-9-12-15(18-7-6-17-12)19-10-14(21)20-8-5-11-3-1-2-4-13(11)20/h1-4,6-7H,5,8,10H2,(H,18,19). The number of anilines is 2. The molecule has 21 heavy (non-hydrogen) atoms. The number of amides is 1. The van der Waals surface area contributed by atoms with E-state index in [1.807, 2.05) is 30.3 Å². The molecule has 1 aromatic heterocycles. The molecular formula is C15H13N5O. The lowest BCUT2D eigenvalue weighted by atomic mass is 10.2. The Bertz CT molecular complexity index is 722. The van der Waals surface area contributed by atoms with Crippen molar-refractivity contribution < 1.29 is 4.79 Å². The number of carbonyl (C=O) groups excluding carboxylic acids is 1. The molecule has 2 aromatic rings. The topological polar surface area (TPSA) is 81.9 Å². The van der Waals surface area contributed by atoms with E-state index in [9.17, 15) is 4.79 Å². The molecule has 1 aromatic carbocycles. The third-order valence-corrected chi connectivity index (χ3v) is 3.40. The molecule has 1 N–H and O–H groups in total. The summed E-state index contributed by atoms with van der Waals surface area (Å²) in [7, 11) is 0. The second kappa shape index (κ2) is 5.59. The Kier molecular flexibility index (Phi) is 3.48. The van der Waals surface area contributed by atoms with Gasteiger partial charge in [-0.15, -0.1) is 0 Å². The zero-order chi connectivity index (χ0) is 14.7. The van der Waals surface area contributed by atoms with Gasteiger partial charge < -0.3 is 10.2 Å². The van der Waals surface area contributed by atoms with Crippen LogP contribution in [0.15, 0.2) is 36.7 Å². The van der Waals surface area contributed by atoms with Gasteiger partial charge in [0.05, 0.1) is 6.54 Å². The zero-order valence-electron chi connectivity index (χ0n) is 11.3. The van der Waals surface area contributed by atoms with E-state index in [1.54, 1.807) is 4.90 Å². The van der Waals surface area contributed by atoms with Crippen LogP contribution >= 0.6 is 0 Å². The number of para-hydroxylation sites is 1. The summed E-state index contributed by atoms with van der Waals surface area (Å²) in [5.74, 6) is 0.287. The molecule has 6 heteroatoms. The van der Waals surface area contributed by atoms with Crippen molar-refractivity contribution in [3.05, 3.63) is 47.9 Å². The Labute approximate surface area is 122 Å². The summed E-state index contributed by atoms with van der Waals surface area (Å²) in [6.07, 6.45) is 3.80. The first kappa shape index (κ1) is 13.1. The van der Waals surface area contributed by atoms with E-state index in [0.717, 1.165) is 12.1 Å². The SMILES string of the molecule is N#Cc1nccnc1NCC(=O)N1CCc2ccccc21. The lowest BCUT2D eigenvalue weighted by Gasteiger charge is -2.17. The van der Waals surface area contributed by atoms with E-state index < -0.39 is 0 Å². The van der Waals surface area contributed by atoms with Crippen LogP contribution in [0.2, 0.25) is 0 Å². The van der Waals surface area contributed by atoms with Crippen molar-refractivity contribution in [2.75, 3.05) is 23.3 Å². The minimum atomic E-state index is -0.0468. The predicted octanol–water partition coefficient (Wildman–Crippen LogP) is 1.35. The number of benzene rings is 1. The molecule has 104 valence electrons. The molecular weight excluding hydrogens is 266 g/mol. The van der Waals surface area contributed by atoms with Crippen LogP contribution in [0, 0.1) is 11.3 Å². The third-order valence-electron chi connectivity index (χ3n) is 3.40. The average molecular weight is 279 g/mol. The fourth-order valence-electron chi connectivity index (χ4n) is 2.40. The number of aromatic nitrogens is 2. The highest BCUT2D eigenvalue weighted by molar-refractivity contribution is 5.97. The average Bonchev–Trinajstić information content (AvgIpc) is 2.97. The summed E-state index contributed by atoms with van der Waals surface area (Å²) in [5.41, 5.74) is 2.33. The Hall–Kier alpha value is -2.94. The van der Waals surface area contributed by atoms with Crippen molar-refractivity contribution in [2.24, 2.45) is 0 Å². The molecule has 0 saturated heterocycles. The molecule has 0 saturated carbocycles. The third kappa shape index (κ3) is 2.54. The number of nitrogens with one attached hydrogen (secondary N) is 1. The number of rotatable bonds is 3. The molecule has 3 rings (SSSR count). The first-order valence-electron chi connectivity index (χ1n) is 6.63. The van der Waals surface area contributed by atoms with Gasteiger partial charge in [-0.3, -0.25) is 4.79 Å². The highest BCUT2D eigenvalue weighted by Crippen LogP contribution is 2.27. The normalized spacial score (nSPS) is 12.6. The van der Waals surface area contributed by atoms with Gasteiger partial charge in [0.1, 0.15) is 6.07 Å². The molecule has 1 aliphatic rings. The molecule has 2 heterocycles. The van der Waals surface area contributed by atoms with Crippen LogP contribution in [0.3, 0.4) is 0 Å². The summed E-state index contributed by atoms with van der Waals surface area (Å²) in [6.45, 7) is 0.771. The second-order valence-corrected chi connectivity index (χ2v) is 4.64. The lowest BCUT2D eigenvalue weighted by molar-refractivity contribution is -0.116. The second-order valence-electron chi connectivity index (χ2n) is 4.64. The van der Waals surface area contributed by atoms with E-state index in [2.05, 4.69) is 15.3 Å². The van der Waals surface area contributed by atoms with E-state index in [0.29, 0.717) is 12.4 Å². The maximum absolute atomic E-state index is 12.3. The monoisotopic (exact) mass is 279 g/mol. The van der Waals surface area contributed by atoms with E-state index in [-0.39, 0.29) is 18.1 Å². The van der Waals surface area contributed by atoms with Crippen molar-refractivity contribution in [3.63, 3.8) is 0 Å². The van der Waals surface area contributed by atoms with E-state index >= 15 is 0 Å². The number of hydrogen-bond donors (Lipinski definition) is 1. The van der Waals surface area contributed by atoms with Crippen LogP contribution in [0.25, 0.3) is 0 Å². The number of nitrogens with zero attached hydrogens (tertiary/aromatic N) is 4. The van der Waals surface area contributed by atoms with Crippen LogP contribution in [0.4, 0.5) is 11.5 Å². The molecule has 1 aliphatic heterocycles. The zero-order valence-corrected chi connectivity index (χ0v) is 11.3. The fraction of sp³-hybridized carbons (Fsp3) is 0.200. The Morgan fingerprint density at radius 2 is 2.14 bits per heavy atom. The van der Waals surface area contributed by atoms with Crippen LogP contribution in [-0.2, 0) is 11.2 Å². The summed E-state index contributed by atoms with van der Waals surface area (Å²) in [5, 5.41) is 11.8. The first-order chi connectivity index (χ1) is 10.3. The number of hydrogen-bond acceptors (Lipinski definition) is 5. The molecule has 0 atom stereocenters. The molecule has 0 unspecified atom stereocenters. The smallest absolute Gasteiger partial charge is 0.246 e. The molecule has 1 amide bonds. The van der Waals surface area contributed by atoms with Gasteiger partial charge in [0.25, 0.3) is 0 Å². The lowest BCUT2D eigenvalue weighted by Crippen LogP contribution is -2.34. The van der Waals surface area contributed by atoms with Crippen LogP contribution in [0.5, 0.6) is 0 Å². The quantitative estimate of drug-likeness (QED) is 0.917. The number of fused-ring (bicyclic) bond motifs is 1. The maximum atomic E-state index is 12.3. The molecule has 0 bridgehead atoms. The Balaban J connectivity index is 1.70. The van der Waals surface area contributed by atoms with Crippen molar-refractivity contribution in [2.45, 2.75) is 6.42 Å². The Morgan fingerprint density at radius 3 is 3.00 bits per heavy atom. The van der Waals surface area contributed by atoms with Gasteiger partial charge in [0.15, 0.2) is 11.5 Å². The first-order valence-corrected chi connectivity index (χ1v) is 6.63. The minimum Gasteiger partial charge on any atom is -0.359 e. The highest BCUT2D eigenvalue weighted by Gasteiger charge is 2.23. The van der Waals surface area contributed by atoms with E-state index in [4.69, 9.17) is 5.26 Å². The maximum Gasteiger partial charge on any atom is 0.246 e. The molecule has 6 nitrogen and oxygen atoms in total. The van der Waals surface area contributed by atoms with Gasteiger partial charge >= 0.3 is 0 Å². The van der Waals surface area contributed by atoms with Gasteiger partial charge in [-0.2, -0.15) is 5.26 Å². The van der Waals surface area contributed by atoms with Crippen LogP contribution in [0.1, 0.15) is 11.3 Å². The van der Waals surface area contributed by atoms with Crippen LogP contribution < -0.4 is 10.2 Å². The van der Waals surface area contributed by atoms with Gasteiger partial charge in [-0.1, -0.05) is 18.2 Å². The van der Waals surface area contributed by atoms with E-state index in [1.165, 1.54) is 18.0 Å². The molecule has 0 radical (unpaired) electrons. The number of nitriles is 1.